The Morgan fingerprint density at radius 3 is 2.71 bits per heavy atom. The highest BCUT2D eigenvalue weighted by Gasteiger charge is 2.27. The molecule has 0 atom stereocenters. The molecule has 2 N–H and O–H groups in total. The number of H-pyrrole nitrogens is 1. The van der Waals surface area contributed by atoms with Gasteiger partial charge in [0, 0.05) is 5.92 Å². The van der Waals surface area contributed by atoms with Gasteiger partial charge in [-0.1, -0.05) is 0 Å². The van der Waals surface area contributed by atoms with E-state index in [1.165, 1.54) is 6.07 Å². The molecule has 1 saturated heterocycles. The monoisotopic (exact) mass is 235 g/mol. The van der Waals surface area contributed by atoms with Crippen molar-refractivity contribution in [3.8, 4) is 5.88 Å². The number of rotatable bonds is 3. The normalized spacial score (nSPS) is 21.4. The van der Waals surface area contributed by atoms with Crippen LogP contribution in [0.3, 0.4) is 0 Å². The Morgan fingerprint density at radius 2 is 2.00 bits per heavy atom. The molecular weight excluding hydrogens is 218 g/mol. The fourth-order valence-electron chi connectivity index (χ4n) is 2.15. The van der Waals surface area contributed by atoms with Crippen LogP contribution in [-0.2, 0) is 0 Å². The van der Waals surface area contributed by atoms with Crippen molar-refractivity contribution in [1.82, 2.24) is 15.3 Å². The molecule has 0 radical (unpaired) electrons. The number of nitrogens with zero attached hydrogens (tertiary/aromatic N) is 1. The molecule has 17 heavy (non-hydrogen) atoms. The highest BCUT2D eigenvalue weighted by Crippen LogP contribution is 2.37. The molecule has 3 rings (SSSR count). The second-order valence-corrected chi connectivity index (χ2v) is 4.81. The molecule has 92 valence electrons. The molecule has 0 spiro atoms. The van der Waals surface area contributed by atoms with Gasteiger partial charge < -0.3 is 15.0 Å². The van der Waals surface area contributed by atoms with Gasteiger partial charge in [-0.2, -0.15) is 4.98 Å². The summed E-state index contributed by atoms with van der Waals surface area (Å²) in [4.78, 5) is 18.7. The fraction of sp³-hybridized carbons (Fsp3) is 0.667. The third-order valence-electron chi connectivity index (χ3n) is 3.27. The van der Waals surface area contributed by atoms with Gasteiger partial charge >= 0.3 is 0 Å². The van der Waals surface area contributed by atoms with Gasteiger partial charge in [-0.05, 0) is 38.8 Å². The minimum absolute atomic E-state index is 0.106. The van der Waals surface area contributed by atoms with Gasteiger partial charge in [-0.15, -0.1) is 0 Å². The van der Waals surface area contributed by atoms with Crippen LogP contribution in [0.2, 0.25) is 0 Å². The summed E-state index contributed by atoms with van der Waals surface area (Å²) < 4.78 is 5.78. The zero-order chi connectivity index (χ0) is 11.7. The van der Waals surface area contributed by atoms with Crippen molar-refractivity contribution in [2.45, 2.75) is 37.7 Å². The van der Waals surface area contributed by atoms with Crippen LogP contribution in [-0.4, -0.2) is 29.2 Å². The van der Waals surface area contributed by atoms with E-state index in [-0.39, 0.29) is 11.7 Å². The minimum Gasteiger partial charge on any atom is -0.474 e. The molecule has 5 heteroatoms. The van der Waals surface area contributed by atoms with E-state index in [0.29, 0.717) is 11.8 Å². The van der Waals surface area contributed by atoms with Crippen LogP contribution >= 0.6 is 0 Å². The lowest BCUT2D eigenvalue weighted by Gasteiger charge is -2.23. The number of nitrogens with one attached hydrogen (secondary N) is 2. The standard InChI is InChI=1S/C12H17N3O2/c16-10-7-11(15-12(14-10)8-1-2-8)17-9-3-5-13-6-4-9/h7-9,13H,1-6H2,(H,14,15,16). The van der Waals surface area contributed by atoms with Crippen LogP contribution in [0.1, 0.15) is 37.4 Å². The van der Waals surface area contributed by atoms with Gasteiger partial charge in [0.2, 0.25) is 5.88 Å². The third kappa shape index (κ3) is 2.66. The first kappa shape index (κ1) is 10.8. The SMILES string of the molecule is O=c1cc(OC2CCNCC2)nc(C2CC2)[nH]1. The quantitative estimate of drug-likeness (QED) is 0.812. The Balaban J connectivity index is 1.74. The van der Waals surface area contributed by atoms with Crippen LogP contribution in [0.15, 0.2) is 10.9 Å². The maximum Gasteiger partial charge on any atom is 0.254 e. The second-order valence-electron chi connectivity index (χ2n) is 4.81. The van der Waals surface area contributed by atoms with Gasteiger partial charge in [0.15, 0.2) is 0 Å². The van der Waals surface area contributed by atoms with Crippen molar-refractivity contribution in [3.05, 3.63) is 22.2 Å². The van der Waals surface area contributed by atoms with E-state index in [9.17, 15) is 4.79 Å². The number of piperidine rings is 1. The number of hydrogen-bond acceptors (Lipinski definition) is 4. The fourth-order valence-corrected chi connectivity index (χ4v) is 2.15. The summed E-state index contributed by atoms with van der Waals surface area (Å²) in [5.41, 5.74) is -0.106. The predicted octanol–water partition coefficient (Wildman–Crippen LogP) is 0.778. The highest BCUT2D eigenvalue weighted by molar-refractivity contribution is 5.14. The molecule has 1 aromatic heterocycles. The van der Waals surface area contributed by atoms with Gasteiger partial charge in [-0.3, -0.25) is 4.79 Å². The first-order valence-electron chi connectivity index (χ1n) is 6.30. The number of aromatic nitrogens is 2. The van der Waals surface area contributed by atoms with Gasteiger partial charge in [-0.25, -0.2) is 0 Å². The molecule has 0 amide bonds. The van der Waals surface area contributed by atoms with Gasteiger partial charge in [0.25, 0.3) is 5.56 Å². The van der Waals surface area contributed by atoms with Crippen molar-refractivity contribution >= 4 is 0 Å². The maximum atomic E-state index is 11.5. The molecular formula is C12H17N3O2. The Labute approximate surface area is 99.6 Å². The smallest absolute Gasteiger partial charge is 0.254 e. The van der Waals surface area contributed by atoms with E-state index in [1.807, 2.05) is 0 Å². The van der Waals surface area contributed by atoms with Gasteiger partial charge in [0.05, 0.1) is 6.07 Å². The van der Waals surface area contributed by atoms with Crippen molar-refractivity contribution < 1.29 is 4.74 Å². The summed E-state index contributed by atoms with van der Waals surface area (Å²) in [5.74, 6) is 1.73. The van der Waals surface area contributed by atoms with E-state index in [1.54, 1.807) is 0 Å². The van der Waals surface area contributed by atoms with E-state index < -0.39 is 0 Å². The molecule has 0 aromatic carbocycles. The van der Waals surface area contributed by atoms with Crippen LogP contribution < -0.4 is 15.6 Å². The summed E-state index contributed by atoms with van der Waals surface area (Å²) >= 11 is 0. The summed E-state index contributed by atoms with van der Waals surface area (Å²) in [6, 6.07) is 1.45. The van der Waals surface area contributed by atoms with Crippen molar-refractivity contribution in [1.29, 1.82) is 0 Å². The molecule has 0 bridgehead atoms. The summed E-state index contributed by atoms with van der Waals surface area (Å²) in [6.45, 7) is 1.95. The van der Waals surface area contributed by atoms with E-state index in [0.717, 1.165) is 44.6 Å². The van der Waals surface area contributed by atoms with Crippen molar-refractivity contribution in [2.24, 2.45) is 0 Å². The summed E-state index contributed by atoms with van der Waals surface area (Å²) in [7, 11) is 0. The van der Waals surface area contributed by atoms with Crippen LogP contribution in [0.4, 0.5) is 0 Å². The Bertz CT molecular complexity index is 447. The second kappa shape index (κ2) is 4.49. The summed E-state index contributed by atoms with van der Waals surface area (Å²) in [5, 5.41) is 3.28. The molecule has 1 aliphatic carbocycles. The van der Waals surface area contributed by atoms with E-state index in [4.69, 9.17) is 4.74 Å². The van der Waals surface area contributed by atoms with Gasteiger partial charge in [0.1, 0.15) is 11.9 Å². The van der Waals surface area contributed by atoms with Crippen molar-refractivity contribution in [2.75, 3.05) is 13.1 Å². The Morgan fingerprint density at radius 1 is 1.24 bits per heavy atom. The zero-order valence-corrected chi connectivity index (χ0v) is 9.74. The lowest BCUT2D eigenvalue weighted by atomic mass is 10.1. The molecule has 1 saturated carbocycles. The first-order chi connectivity index (χ1) is 8.31. The highest BCUT2D eigenvalue weighted by atomic mass is 16.5. The van der Waals surface area contributed by atoms with Crippen molar-refractivity contribution in [3.63, 3.8) is 0 Å². The average molecular weight is 235 g/mol. The molecule has 1 aromatic rings. The largest absolute Gasteiger partial charge is 0.474 e. The molecule has 5 nitrogen and oxygen atoms in total. The number of ether oxygens (including phenoxy) is 1. The van der Waals surface area contributed by atoms with Crippen LogP contribution in [0.25, 0.3) is 0 Å². The lowest BCUT2D eigenvalue weighted by Crippen LogP contribution is -2.34. The molecule has 0 unspecified atom stereocenters. The minimum atomic E-state index is -0.106. The third-order valence-corrected chi connectivity index (χ3v) is 3.27. The van der Waals surface area contributed by atoms with Crippen LogP contribution in [0.5, 0.6) is 5.88 Å². The first-order valence-corrected chi connectivity index (χ1v) is 6.30. The number of aromatic amines is 1. The number of hydrogen-bond donors (Lipinski definition) is 2. The van der Waals surface area contributed by atoms with Crippen LogP contribution in [0, 0.1) is 0 Å². The van der Waals surface area contributed by atoms with E-state index >= 15 is 0 Å². The molecule has 1 aliphatic heterocycles. The Hall–Kier alpha value is -1.36. The average Bonchev–Trinajstić information content (AvgIpc) is 3.13. The molecule has 2 heterocycles. The predicted molar refractivity (Wildman–Crippen MR) is 63.4 cm³/mol. The lowest BCUT2D eigenvalue weighted by molar-refractivity contribution is 0.155. The maximum absolute atomic E-state index is 11.5. The zero-order valence-electron chi connectivity index (χ0n) is 9.74. The van der Waals surface area contributed by atoms with E-state index in [2.05, 4.69) is 15.3 Å². The molecule has 2 fully saturated rings. The molecule has 2 aliphatic rings. The Kier molecular flexibility index (Phi) is 2.84. The topological polar surface area (TPSA) is 67.0 Å². The summed E-state index contributed by atoms with van der Waals surface area (Å²) in [6.07, 6.45) is 4.40.